The van der Waals surface area contributed by atoms with Crippen molar-refractivity contribution in [1.29, 1.82) is 0 Å². The normalized spacial score (nSPS) is 14.0. The van der Waals surface area contributed by atoms with E-state index in [1.165, 1.54) is 11.1 Å². The number of carbonyl (C=O) groups excluding carboxylic acids is 1. The number of rotatable bonds is 2. The van der Waals surface area contributed by atoms with E-state index in [9.17, 15) is 4.79 Å². The van der Waals surface area contributed by atoms with E-state index in [4.69, 9.17) is 0 Å². The van der Waals surface area contributed by atoms with Crippen molar-refractivity contribution < 1.29 is 4.79 Å². The molecule has 4 nitrogen and oxygen atoms in total. The summed E-state index contributed by atoms with van der Waals surface area (Å²) >= 11 is 0. The molecule has 1 aliphatic heterocycles. The molecule has 0 aliphatic carbocycles. The van der Waals surface area contributed by atoms with Crippen LogP contribution in [0.4, 0.5) is 5.69 Å². The topological polar surface area (TPSA) is 54.0 Å². The van der Waals surface area contributed by atoms with E-state index in [1.54, 1.807) is 0 Å². The highest BCUT2D eigenvalue weighted by molar-refractivity contribution is 6.05. The van der Waals surface area contributed by atoms with Crippen molar-refractivity contribution in [2.45, 2.75) is 26.3 Å². The van der Waals surface area contributed by atoms with E-state index < -0.39 is 0 Å². The van der Waals surface area contributed by atoms with Crippen LogP contribution in [-0.2, 0) is 13.0 Å². The van der Waals surface area contributed by atoms with E-state index in [0.717, 1.165) is 48.2 Å². The molecular formula is C21H21N3O. The van der Waals surface area contributed by atoms with Gasteiger partial charge in [-0.3, -0.25) is 9.78 Å². The van der Waals surface area contributed by atoms with Gasteiger partial charge in [0.2, 0.25) is 0 Å². The number of hydrogen-bond acceptors (Lipinski definition) is 3. The number of fused-ring (bicyclic) bond motifs is 2. The summed E-state index contributed by atoms with van der Waals surface area (Å²) in [4.78, 5) is 17.1. The molecule has 25 heavy (non-hydrogen) atoms. The van der Waals surface area contributed by atoms with Gasteiger partial charge in [0.1, 0.15) is 0 Å². The molecule has 2 heterocycles. The smallest absolute Gasteiger partial charge is 0.255 e. The van der Waals surface area contributed by atoms with Gasteiger partial charge < -0.3 is 10.6 Å². The van der Waals surface area contributed by atoms with Gasteiger partial charge in [0.25, 0.3) is 5.91 Å². The Morgan fingerprint density at radius 2 is 2.00 bits per heavy atom. The standard InChI is InChI=1S/C21H21N3O/c1-14-4-5-16-12-19(8-9-20(16)23-14)24-21(25)17-6-7-18-13-22-10-2-3-15(18)11-17/h4-9,11-12,22H,2-3,10,13H2,1H3,(H,24,25). The Balaban J connectivity index is 1.57. The first-order valence-electron chi connectivity index (χ1n) is 8.70. The third kappa shape index (κ3) is 3.39. The number of hydrogen-bond donors (Lipinski definition) is 2. The van der Waals surface area contributed by atoms with Crippen LogP contribution in [0.3, 0.4) is 0 Å². The van der Waals surface area contributed by atoms with Crippen LogP contribution in [-0.4, -0.2) is 17.4 Å². The highest BCUT2D eigenvalue weighted by atomic mass is 16.1. The second-order valence-corrected chi connectivity index (χ2v) is 6.58. The molecule has 0 bridgehead atoms. The quantitative estimate of drug-likeness (QED) is 0.750. The fraction of sp³-hybridized carbons (Fsp3) is 0.238. The number of nitrogens with one attached hydrogen (secondary N) is 2. The average Bonchev–Trinajstić information content (AvgIpc) is 2.86. The van der Waals surface area contributed by atoms with Crippen LogP contribution < -0.4 is 10.6 Å². The highest BCUT2D eigenvalue weighted by Crippen LogP contribution is 2.20. The van der Waals surface area contributed by atoms with Gasteiger partial charge in [-0.25, -0.2) is 0 Å². The Bertz CT molecular complexity index is 949. The molecule has 0 atom stereocenters. The number of anilines is 1. The van der Waals surface area contributed by atoms with Gasteiger partial charge in [0, 0.05) is 28.9 Å². The van der Waals surface area contributed by atoms with Gasteiger partial charge in [-0.05, 0) is 73.8 Å². The second-order valence-electron chi connectivity index (χ2n) is 6.58. The Morgan fingerprint density at radius 3 is 2.92 bits per heavy atom. The molecule has 126 valence electrons. The lowest BCUT2D eigenvalue weighted by molar-refractivity contribution is 0.102. The molecular weight excluding hydrogens is 310 g/mol. The van der Waals surface area contributed by atoms with Gasteiger partial charge >= 0.3 is 0 Å². The zero-order valence-electron chi connectivity index (χ0n) is 14.3. The molecule has 0 unspecified atom stereocenters. The lowest BCUT2D eigenvalue weighted by Gasteiger charge is -2.10. The van der Waals surface area contributed by atoms with Crippen molar-refractivity contribution in [3.63, 3.8) is 0 Å². The van der Waals surface area contributed by atoms with Crippen molar-refractivity contribution in [2.75, 3.05) is 11.9 Å². The average molecular weight is 331 g/mol. The summed E-state index contributed by atoms with van der Waals surface area (Å²) < 4.78 is 0. The summed E-state index contributed by atoms with van der Waals surface area (Å²) in [5.74, 6) is -0.0700. The third-order valence-electron chi connectivity index (χ3n) is 4.67. The first-order valence-corrected chi connectivity index (χ1v) is 8.70. The van der Waals surface area contributed by atoms with Crippen LogP contribution in [0, 0.1) is 6.92 Å². The predicted molar refractivity (Wildman–Crippen MR) is 101 cm³/mol. The molecule has 0 radical (unpaired) electrons. The maximum Gasteiger partial charge on any atom is 0.255 e. The molecule has 4 rings (SSSR count). The van der Waals surface area contributed by atoms with Crippen molar-refractivity contribution >= 4 is 22.5 Å². The fourth-order valence-corrected chi connectivity index (χ4v) is 3.31. The summed E-state index contributed by atoms with van der Waals surface area (Å²) in [6.45, 7) is 3.89. The Morgan fingerprint density at radius 1 is 1.08 bits per heavy atom. The zero-order chi connectivity index (χ0) is 17.2. The molecule has 0 spiro atoms. The van der Waals surface area contributed by atoms with Crippen LogP contribution in [0.25, 0.3) is 10.9 Å². The van der Waals surface area contributed by atoms with Gasteiger partial charge in [-0.1, -0.05) is 12.1 Å². The fourth-order valence-electron chi connectivity index (χ4n) is 3.31. The minimum atomic E-state index is -0.0700. The molecule has 2 aromatic carbocycles. The SMILES string of the molecule is Cc1ccc2cc(NC(=O)c3ccc4c(c3)CCCNC4)ccc2n1. The molecule has 4 heteroatoms. The number of aromatic nitrogens is 1. The van der Waals surface area contributed by atoms with Crippen LogP contribution in [0.1, 0.15) is 33.6 Å². The van der Waals surface area contributed by atoms with Crippen LogP contribution in [0.15, 0.2) is 48.5 Å². The molecule has 0 saturated heterocycles. The summed E-state index contributed by atoms with van der Waals surface area (Å²) in [5.41, 5.74) is 6.00. The van der Waals surface area contributed by atoms with Crippen molar-refractivity contribution in [1.82, 2.24) is 10.3 Å². The summed E-state index contributed by atoms with van der Waals surface area (Å²) in [5, 5.41) is 7.44. The lowest BCUT2D eigenvalue weighted by Crippen LogP contribution is -2.13. The molecule has 1 amide bonds. The Hall–Kier alpha value is -2.72. The van der Waals surface area contributed by atoms with Gasteiger partial charge in [-0.15, -0.1) is 0 Å². The number of nitrogens with zero attached hydrogens (tertiary/aromatic N) is 1. The number of pyridine rings is 1. The van der Waals surface area contributed by atoms with Crippen LogP contribution in [0.5, 0.6) is 0 Å². The molecule has 0 saturated carbocycles. The van der Waals surface area contributed by atoms with Gasteiger partial charge in [-0.2, -0.15) is 0 Å². The van der Waals surface area contributed by atoms with Crippen LogP contribution >= 0.6 is 0 Å². The largest absolute Gasteiger partial charge is 0.322 e. The summed E-state index contributed by atoms with van der Waals surface area (Å²) in [6, 6.07) is 15.8. The maximum atomic E-state index is 12.6. The van der Waals surface area contributed by atoms with E-state index in [2.05, 4.69) is 21.7 Å². The molecule has 1 aliphatic rings. The zero-order valence-corrected chi connectivity index (χ0v) is 14.3. The molecule has 0 fully saturated rings. The lowest BCUT2D eigenvalue weighted by atomic mass is 10.0. The van der Waals surface area contributed by atoms with Crippen molar-refractivity contribution in [2.24, 2.45) is 0 Å². The van der Waals surface area contributed by atoms with Crippen molar-refractivity contribution in [3.05, 3.63) is 70.9 Å². The molecule has 2 N–H and O–H groups in total. The minimum Gasteiger partial charge on any atom is -0.322 e. The molecule has 1 aromatic heterocycles. The van der Waals surface area contributed by atoms with E-state index in [1.807, 2.05) is 49.4 Å². The van der Waals surface area contributed by atoms with Crippen molar-refractivity contribution in [3.8, 4) is 0 Å². The van der Waals surface area contributed by atoms with E-state index in [0.29, 0.717) is 5.56 Å². The predicted octanol–water partition coefficient (Wildman–Crippen LogP) is 3.83. The number of amides is 1. The minimum absolute atomic E-state index is 0.0700. The van der Waals surface area contributed by atoms with Crippen LogP contribution in [0.2, 0.25) is 0 Å². The first kappa shape index (κ1) is 15.8. The maximum absolute atomic E-state index is 12.6. The number of aryl methyl sites for hydroxylation is 2. The molecule has 3 aromatic rings. The highest BCUT2D eigenvalue weighted by Gasteiger charge is 2.12. The number of benzene rings is 2. The summed E-state index contributed by atoms with van der Waals surface area (Å²) in [7, 11) is 0. The third-order valence-corrected chi connectivity index (χ3v) is 4.67. The monoisotopic (exact) mass is 331 g/mol. The van der Waals surface area contributed by atoms with E-state index in [-0.39, 0.29) is 5.91 Å². The van der Waals surface area contributed by atoms with E-state index >= 15 is 0 Å². The second kappa shape index (κ2) is 6.65. The van der Waals surface area contributed by atoms with Gasteiger partial charge in [0.05, 0.1) is 5.52 Å². The van der Waals surface area contributed by atoms with Gasteiger partial charge in [0.15, 0.2) is 0 Å². The first-order chi connectivity index (χ1) is 12.2. The number of carbonyl (C=O) groups is 1. The Kier molecular flexibility index (Phi) is 4.20. The summed E-state index contributed by atoms with van der Waals surface area (Å²) in [6.07, 6.45) is 2.12. The Labute approximate surface area is 147 Å².